The fraction of sp³-hybridized carbons (Fsp3) is 0.222. The van der Waals surface area contributed by atoms with E-state index in [9.17, 15) is 23.3 Å². The number of nitrogens with one attached hydrogen (secondary N) is 1. The molecular weight excluding hydrogens is 314 g/mol. The first-order valence-electron chi connectivity index (χ1n) is 4.97. The van der Waals surface area contributed by atoms with E-state index in [1.54, 1.807) is 0 Å². The van der Waals surface area contributed by atoms with Gasteiger partial charge in [-0.05, 0) is 6.07 Å². The van der Waals surface area contributed by atoms with Gasteiger partial charge in [0.2, 0.25) is 10.0 Å². The first-order valence-corrected chi connectivity index (χ1v) is 6.45. The van der Waals surface area contributed by atoms with Crippen molar-refractivity contribution in [2.75, 3.05) is 6.54 Å². The molecule has 4 N–H and O–H groups in total. The third-order valence-electron chi connectivity index (χ3n) is 2.16. The molecule has 0 fully saturated rings. The number of halogens is 1. The lowest BCUT2D eigenvalue weighted by molar-refractivity contribution is -0.387. The number of nitrogens with zero attached hydrogens (tertiary/aromatic N) is 1. The van der Waals surface area contributed by atoms with Crippen molar-refractivity contribution in [3.8, 4) is 0 Å². The molecule has 0 saturated heterocycles. The normalized spacial score (nSPS) is 12.2. The van der Waals surface area contributed by atoms with E-state index in [1.807, 2.05) is 4.72 Å². The minimum atomic E-state index is -4.20. The molecule has 0 aliphatic carbocycles. The fourth-order valence-corrected chi connectivity index (χ4v) is 2.43. The third-order valence-corrected chi connectivity index (χ3v) is 3.63. The number of carboxylic acids is 1. The number of carboxylic acid groups (broad SMARTS) is 1. The van der Waals surface area contributed by atoms with Gasteiger partial charge in [0.15, 0.2) is 4.90 Å². The number of benzene rings is 1. The third kappa shape index (κ3) is 4.42. The van der Waals surface area contributed by atoms with Gasteiger partial charge in [-0.25, -0.2) is 13.1 Å². The van der Waals surface area contributed by atoms with Gasteiger partial charge in [-0.1, -0.05) is 12.1 Å². The van der Waals surface area contributed by atoms with Crippen LogP contribution in [0, 0.1) is 10.1 Å². The number of sulfonamides is 1. The van der Waals surface area contributed by atoms with Crippen molar-refractivity contribution < 1.29 is 23.2 Å². The van der Waals surface area contributed by atoms with Crippen molar-refractivity contribution in [3.05, 3.63) is 34.4 Å². The highest BCUT2D eigenvalue weighted by molar-refractivity contribution is 7.89. The molecule has 0 amide bonds. The molecule has 0 spiro atoms. The van der Waals surface area contributed by atoms with E-state index in [2.05, 4.69) is 0 Å². The Morgan fingerprint density at radius 3 is 2.50 bits per heavy atom. The molecule has 112 valence electrons. The second kappa shape index (κ2) is 7.14. The van der Waals surface area contributed by atoms with Gasteiger partial charge in [-0.3, -0.25) is 14.9 Å². The molecule has 1 aromatic carbocycles. The highest BCUT2D eigenvalue weighted by Crippen LogP contribution is 2.22. The Balaban J connectivity index is 0.00000361. The lowest BCUT2D eigenvalue weighted by atomic mass is 10.3. The van der Waals surface area contributed by atoms with E-state index in [0.29, 0.717) is 0 Å². The van der Waals surface area contributed by atoms with Crippen LogP contribution < -0.4 is 10.5 Å². The predicted octanol–water partition coefficient (Wildman–Crippen LogP) is -0.293. The topological polar surface area (TPSA) is 153 Å². The Morgan fingerprint density at radius 1 is 1.45 bits per heavy atom. The minimum absolute atomic E-state index is 0. The van der Waals surface area contributed by atoms with Crippen LogP contribution in [-0.4, -0.2) is 37.0 Å². The fourth-order valence-electron chi connectivity index (χ4n) is 1.20. The Labute approximate surface area is 120 Å². The molecule has 0 radical (unpaired) electrons. The molecule has 0 aliphatic heterocycles. The van der Waals surface area contributed by atoms with Gasteiger partial charge in [0.25, 0.3) is 5.69 Å². The molecular formula is C9H12ClN3O6S. The minimum Gasteiger partial charge on any atom is -0.480 e. The van der Waals surface area contributed by atoms with Crippen LogP contribution in [0.25, 0.3) is 0 Å². The summed E-state index contributed by atoms with van der Waals surface area (Å²) < 4.78 is 25.6. The van der Waals surface area contributed by atoms with Gasteiger partial charge in [0, 0.05) is 12.6 Å². The number of hydrogen-bond acceptors (Lipinski definition) is 6. The molecule has 0 saturated carbocycles. The molecule has 0 unspecified atom stereocenters. The largest absolute Gasteiger partial charge is 0.480 e. The Hall–Kier alpha value is -1.75. The number of nitro groups is 1. The van der Waals surface area contributed by atoms with Crippen LogP contribution in [0.5, 0.6) is 0 Å². The van der Waals surface area contributed by atoms with E-state index >= 15 is 0 Å². The summed E-state index contributed by atoms with van der Waals surface area (Å²) in [4.78, 5) is 19.8. The van der Waals surface area contributed by atoms with E-state index in [-0.39, 0.29) is 12.4 Å². The summed E-state index contributed by atoms with van der Waals surface area (Å²) >= 11 is 0. The Morgan fingerprint density at radius 2 is 2.00 bits per heavy atom. The zero-order valence-electron chi connectivity index (χ0n) is 9.92. The summed E-state index contributed by atoms with van der Waals surface area (Å²) in [6.45, 7) is -0.566. The molecule has 0 aromatic heterocycles. The Bertz CT molecular complexity index is 605. The van der Waals surface area contributed by atoms with Gasteiger partial charge in [0.05, 0.1) is 4.92 Å². The number of nitrogens with two attached hydrogens (primary N) is 1. The number of nitro benzene ring substituents is 1. The van der Waals surface area contributed by atoms with Crippen LogP contribution in [0.15, 0.2) is 29.2 Å². The van der Waals surface area contributed by atoms with E-state index in [4.69, 9.17) is 10.8 Å². The lowest BCUT2D eigenvalue weighted by Gasteiger charge is -2.09. The van der Waals surface area contributed by atoms with E-state index in [1.165, 1.54) is 12.1 Å². The molecule has 11 heteroatoms. The number of carbonyl (C=O) groups is 1. The van der Waals surface area contributed by atoms with Gasteiger partial charge >= 0.3 is 5.97 Å². The summed E-state index contributed by atoms with van der Waals surface area (Å²) in [7, 11) is -4.20. The molecule has 0 heterocycles. The Kier molecular flexibility index (Phi) is 6.52. The van der Waals surface area contributed by atoms with E-state index < -0.39 is 44.1 Å². The quantitative estimate of drug-likeness (QED) is 0.479. The molecule has 1 atom stereocenters. The first kappa shape index (κ1) is 18.2. The van der Waals surface area contributed by atoms with Crippen LogP contribution in [0.2, 0.25) is 0 Å². The van der Waals surface area contributed by atoms with Crippen LogP contribution in [0.4, 0.5) is 5.69 Å². The average Bonchev–Trinajstić information content (AvgIpc) is 2.35. The second-order valence-electron chi connectivity index (χ2n) is 3.52. The van der Waals surface area contributed by atoms with Crippen LogP contribution >= 0.6 is 12.4 Å². The number of aliphatic carboxylic acids is 1. The lowest BCUT2D eigenvalue weighted by Crippen LogP contribution is -2.42. The first-order chi connectivity index (χ1) is 8.75. The monoisotopic (exact) mass is 325 g/mol. The van der Waals surface area contributed by atoms with Gasteiger partial charge < -0.3 is 10.8 Å². The van der Waals surface area contributed by atoms with Crippen molar-refractivity contribution in [2.24, 2.45) is 5.73 Å². The number of rotatable bonds is 6. The number of hydrogen-bond donors (Lipinski definition) is 3. The molecule has 0 aliphatic rings. The zero-order valence-corrected chi connectivity index (χ0v) is 11.6. The molecule has 1 rings (SSSR count). The highest BCUT2D eigenvalue weighted by Gasteiger charge is 2.26. The molecule has 20 heavy (non-hydrogen) atoms. The summed E-state index contributed by atoms with van der Waals surface area (Å²) in [5.74, 6) is -1.38. The number of para-hydroxylation sites is 1. The predicted molar refractivity (Wildman–Crippen MR) is 71.1 cm³/mol. The van der Waals surface area contributed by atoms with Gasteiger partial charge in [0.1, 0.15) is 6.04 Å². The van der Waals surface area contributed by atoms with Gasteiger partial charge in [-0.15, -0.1) is 12.4 Å². The molecule has 1 aromatic rings. The van der Waals surface area contributed by atoms with Crippen molar-refractivity contribution in [1.29, 1.82) is 0 Å². The molecule has 9 nitrogen and oxygen atoms in total. The smallest absolute Gasteiger partial charge is 0.321 e. The maximum atomic E-state index is 11.8. The maximum Gasteiger partial charge on any atom is 0.321 e. The van der Waals surface area contributed by atoms with E-state index in [0.717, 1.165) is 12.1 Å². The summed E-state index contributed by atoms with van der Waals surface area (Å²) in [5, 5.41) is 19.2. The highest BCUT2D eigenvalue weighted by atomic mass is 35.5. The summed E-state index contributed by atoms with van der Waals surface area (Å²) in [6, 6.07) is 3.29. The standard InChI is InChI=1S/C9H11N3O6S.ClH/c10-6(9(13)14)5-11-19(17,18)8-4-2-1-3-7(8)12(15)16;/h1-4,6,11H,5,10H2,(H,13,14);1H/t6-;/m0./s1. The van der Waals surface area contributed by atoms with Crippen LogP contribution in [0.3, 0.4) is 0 Å². The van der Waals surface area contributed by atoms with Crippen molar-refractivity contribution in [3.63, 3.8) is 0 Å². The summed E-state index contributed by atoms with van der Waals surface area (Å²) in [5.41, 5.74) is 4.54. The molecule has 0 bridgehead atoms. The van der Waals surface area contributed by atoms with Crippen molar-refractivity contribution in [2.45, 2.75) is 10.9 Å². The van der Waals surface area contributed by atoms with Crippen molar-refractivity contribution in [1.82, 2.24) is 4.72 Å². The zero-order chi connectivity index (χ0) is 14.6. The van der Waals surface area contributed by atoms with Crippen molar-refractivity contribution >= 4 is 34.1 Å². The second-order valence-corrected chi connectivity index (χ2v) is 5.26. The summed E-state index contributed by atoms with van der Waals surface area (Å²) in [6.07, 6.45) is 0. The maximum absolute atomic E-state index is 11.8. The van der Waals surface area contributed by atoms with Gasteiger partial charge in [-0.2, -0.15) is 0 Å². The SMILES string of the molecule is Cl.N[C@@H](CNS(=O)(=O)c1ccccc1[N+](=O)[O-])C(=O)O. The van der Waals surface area contributed by atoms with Crippen LogP contribution in [-0.2, 0) is 14.8 Å². The average molecular weight is 326 g/mol. The van der Waals surface area contributed by atoms with Crippen LogP contribution in [0.1, 0.15) is 0 Å².